The van der Waals surface area contributed by atoms with Gasteiger partial charge in [-0.1, -0.05) is 0 Å². The van der Waals surface area contributed by atoms with Crippen LogP contribution in [0.5, 0.6) is 0 Å². The number of aromatic nitrogens is 1. The molecule has 1 aromatic carbocycles. The molecule has 5 nitrogen and oxygen atoms in total. The topological polar surface area (TPSA) is 80.0 Å². The highest BCUT2D eigenvalue weighted by Gasteiger charge is 2.18. The van der Waals surface area contributed by atoms with Gasteiger partial charge in [0, 0.05) is 23.2 Å². The van der Waals surface area contributed by atoms with E-state index in [1.165, 1.54) is 0 Å². The van der Waals surface area contributed by atoms with Gasteiger partial charge < -0.3 is 16.4 Å². The summed E-state index contributed by atoms with van der Waals surface area (Å²) < 4.78 is 0. The van der Waals surface area contributed by atoms with Gasteiger partial charge in [-0.3, -0.25) is 4.79 Å². The highest BCUT2D eigenvalue weighted by molar-refractivity contribution is 7.09. The molecule has 3 rings (SSSR count). The Balaban J connectivity index is 1.85. The van der Waals surface area contributed by atoms with Gasteiger partial charge in [-0.05, 0) is 38.0 Å². The number of rotatable bonds is 3. The van der Waals surface area contributed by atoms with Crippen molar-refractivity contribution in [3.8, 4) is 0 Å². The standard InChI is InChI=1S/C15H18N4OS/c1-8-7-21-15(17-8)9(2)18-13-6-12-10(5-11(13)16)3-4-14(20)19-12/h5-7,9,18H,3-4,16H2,1-2H3,(H,19,20). The zero-order valence-corrected chi connectivity index (χ0v) is 12.9. The molecule has 0 spiro atoms. The zero-order valence-electron chi connectivity index (χ0n) is 12.1. The van der Waals surface area contributed by atoms with Crippen LogP contribution in [0.4, 0.5) is 17.1 Å². The Bertz CT molecular complexity index is 695. The number of hydrogen-bond donors (Lipinski definition) is 3. The third-order valence-electron chi connectivity index (χ3n) is 3.55. The molecular formula is C15H18N4OS. The minimum absolute atomic E-state index is 0.0572. The van der Waals surface area contributed by atoms with E-state index in [1.807, 2.05) is 24.4 Å². The molecule has 1 aliphatic rings. The summed E-state index contributed by atoms with van der Waals surface area (Å²) in [6, 6.07) is 3.93. The summed E-state index contributed by atoms with van der Waals surface area (Å²) in [5.74, 6) is 0.0572. The van der Waals surface area contributed by atoms with Gasteiger partial charge in [0.15, 0.2) is 0 Å². The summed E-state index contributed by atoms with van der Waals surface area (Å²) in [7, 11) is 0. The first-order chi connectivity index (χ1) is 10.0. The van der Waals surface area contributed by atoms with E-state index in [2.05, 4.69) is 22.5 Å². The fraction of sp³-hybridized carbons (Fsp3) is 0.333. The van der Waals surface area contributed by atoms with Crippen molar-refractivity contribution < 1.29 is 4.79 Å². The first-order valence-corrected chi connectivity index (χ1v) is 7.81. The van der Waals surface area contributed by atoms with Gasteiger partial charge in [-0.25, -0.2) is 4.98 Å². The lowest BCUT2D eigenvalue weighted by Crippen LogP contribution is -2.19. The van der Waals surface area contributed by atoms with Crippen molar-refractivity contribution in [1.29, 1.82) is 0 Å². The fourth-order valence-corrected chi connectivity index (χ4v) is 3.24. The average molecular weight is 302 g/mol. The lowest BCUT2D eigenvalue weighted by molar-refractivity contribution is -0.116. The van der Waals surface area contributed by atoms with Crippen LogP contribution in [0.1, 0.15) is 35.7 Å². The van der Waals surface area contributed by atoms with Crippen LogP contribution in [0.3, 0.4) is 0 Å². The first-order valence-electron chi connectivity index (χ1n) is 6.94. The van der Waals surface area contributed by atoms with Crippen molar-refractivity contribution in [2.75, 3.05) is 16.4 Å². The van der Waals surface area contributed by atoms with Crippen molar-refractivity contribution in [3.63, 3.8) is 0 Å². The fourth-order valence-electron chi connectivity index (χ4n) is 2.44. The predicted molar refractivity (Wildman–Crippen MR) is 86.7 cm³/mol. The minimum atomic E-state index is 0.0572. The van der Waals surface area contributed by atoms with Gasteiger partial charge in [0.2, 0.25) is 5.91 Å². The number of aryl methyl sites for hydroxylation is 2. The molecule has 0 bridgehead atoms. The maximum absolute atomic E-state index is 11.5. The van der Waals surface area contributed by atoms with Crippen molar-refractivity contribution in [2.45, 2.75) is 32.7 Å². The van der Waals surface area contributed by atoms with Crippen LogP contribution in [-0.4, -0.2) is 10.9 Å². The molecule has 0 saturated heterocycles. The van der Waals surface area contributed by atoms with E-state index in [9.17, 15) is 4.79 Å². The lowest BCUT2D eigenvalue weighted by Gasteiger charge is -2.21. The number of benzene rings is 1. The van der Waals surface area contributed by atoms with Gasteiger partial charge >= 0.3 is 0 Å². The number of carbonyl (C=O) groups excluding carboxylic acids is 1. The molecular weight excluding hydrogens is 284 g/mol. The van der Waals surface area contributed by atoms with Crippen LogP contribution in [0.2, 0.25) is 0 Å². The second kappa shape index (κ2) is 5.37. The molecule has 1 unspecified atom stereocenters. The smallest absolute Gasteiger partial charge is 0.224 e. The minimum Gasteiger partial charge on any atom is -0.397 e. The summed E-state index contributed by atoms with van der Waals surface area (Å²) in [5, 5.41) is 9.33. The lowest BCUT2D eigenvalue weighted by atomic mass is 10.0. The van der Waals surface area contributed by atoms with E-state index in [1.54, 1.807) is 11.3 Å². The third kappa shape index (κ3) is 2.85. The monoisotopic (exact) mass is 302 g/mol. The molecule has 2 heterocycles. The summed E-state index contributed by atoms with van der Waals surface area (Å²) >= 11 is 1.63. The molecule has 110 valence electrons. The molecule has 6 heteroatoms. The number of anilines is 3. The SMILES string of the molecule is Cc1csc(C(C)Nc2cc3c(cc2N)CCC(=O)N3)n1. The maximum Gasteiger partial charge on any atom is 0.224 e. The van der Waals surface area contributed by atoms with Crippen molar-refractivity contribution >= 4 is 34.3 Å². The number of thiazole rings is 1. The van der Waals surface area contributed by atoms with E-state index in [4.69, 9.17) is 5.73 Å². The van der Waals surface area contributed by atoms with E-state index < -0.39 is 0 Å². The molecule has 0 saturated carbocycles. The van der Waals surface area contributed by atoms with E-state index >= 15 is 0 Å². The summed E-state index contributed by atoms with van der Waals surface area (Å²) in [4.78, 5) is 16.0. The highest BCUT2D eigenvalue weighted by atomic mass is 32.1. The van der Waals surface area contributed by atoms with E-state index in [0.717, 1.165) is 34.1 Å². The quantitative estimate of drug-likeness (QED) is 0.761. The predicted octanol–water partition coefficient (Wildman–Crippen LogP) is 3.09. The number of nitrogen functional groups attached to an aromatic ring is 1. The van der Waals surface area contributed by atoms with Crippen molar-refractivity contribution in [2.24, 2.45) is 0 Å². The number of hydrogen-bond acceptors (Lipinski definition) is 5. The molecule has 21 heavy (non-hydrogen) atoms. The summed E-state index contributed by atoms with van der Waals surface area (Å²) in [5.41, 5.74) is 10.6. The highest BCUT2D eigenvalue weighted by Crippen LogP contribution is 2.33. The molecule has 0 radical (unpaired) electrons. The van der Waals surface area contributed by atoms with Crippen LogP contribution in [-0.2, 0) is 11.2 Å². The van der Waals surface area contributed by atoms with Gasteiger partial charge in [-0.2, -0.15) is 0 Å². The average Bonchev–Trinajstić information content (AvgIpc) is 2.87. The molecule has 1 amide bonds. The molecule has 2 aromatic rings. The Morgan fingerprint density at radius 3 is 2.95 bits per heavy atom. The van der Waals surface area contributed by atoms with Crippen LogP contribution in [0.15, 0.2) is 17.5 Å². The largest absolute Gasteiger partial charge is 0.397 e. The Morgan fingerprint density at radius 1 is 1.43 bits per heavy atom. The summed E-state index contributed by atoms with van der Waals surface area (Å²) in [6.45, 7) is 4.03. The number of nitrogens with one attached hydrogen (secondary N) is 2. The normalized spacial score (nSPS) is 15.2. The van der Waals surface area contributed by atoms with E-state index in [-0.39, 0.29) is 11.9 Å². The maximum atomic E-state index is 11.5. The van der Waals surface area contributed by atoms with Crippen LogP contribution >= 0.6 is 11.3 Å². The first kappa shape index (κ1) is 13.9. The zero-order chi connectivity index (χ0) is 15.0. The molecule has 1 atom stereocenters. The van der Waals surface area contributed by atoms with Gasteiger partial charge in [-0.15, -0.1) is 11.3 Å². The van der Waals surface area contributed by atoms with Gasteiger partial charge in [0.1, 0.15) is 5.01 Å². The second-order valence-electron chi connectivity index (χ2n) is 5.34. The Hall–Kier alpha value is -2.08. The van der Waals surface area contributed by atoms with Crippen LogP contribution < -0.4 is 16.4 Å². The third-order valence-corrected chi connectivity index (χ3v) is 4.70. The number of nitrogens with zero attached hydrogens (tertiary/aromatic N) is 1. The van der Waals surface area contributed by atoms with Crippen LogP contribution in [0, 0.1) is 6.92 Å². The Labute approximate surface area is 127 Å². The molecule has 1 aliphatic heterocycles. The van der Waals surface area contributed by atoms with Gasteiger partial charge in [0.25, 0.3) is 0 Å². The molecule has 1 aromatic heterocycles. The number of fused-ring (bicyclic) bond motifs is 1. The molecule has 4 N–H and O–H groups in total. The Kier molecular flexibility index (Phi) is 3.55. The van der Waals surface area contributed by atoms with Crippen molar-refractivity contribution in [1.82, 2.24) is 4.98 Å². The molecule has 0 aliphatic carbocycles. The number of nitrogens with two attached hydrogens (primary N) is 1. The molecule has 0 fully saturated rings. The van der Waals surface area contributed by atoms with E-state index in [0.29, 0.717) is 12.1 Å². The Morgan fingerprint density at radius 2 is 2.24 bits per heavy atom. The number of carbonyl (C=O) groups is 1. The van der Waals surface area contributed by atoms with Crippen LogP contribution in [0.25, 0.3) is 0 Å². The summed E-state index contributed by atoms with van der Waals surface area (Å²) in [6.07, 6.45) is 1.26. The van der Waals surface area contributed by atoms with Gasteiger partial charge in [0.05, 0.1) is 17.4 Å². The second-order valence-corrected chi connectivity index (χ2v) is 6.23. The number of amides is 1. The van der Waals surface area contributed by atoms with Crippen molar-refractivity contribution in [3.05, 3.63) is 33.8 Å².